The fourth-order valence-corrected chi connectivity index (χ4v) is 6.08. The average Bonchev–Trinajstić information content (AvgIpc) is 3.66. The minimum Gasteiger partial charge on any atom is -0.456 e. The molecule has 14 heteroatoms. The maximum Gasteiger partial charge on any atom is 0.534 e. The van der Waals surface area contributed by atoms with Crippen molar-refractivity contribution in [1.82, 2.24) is 0 Å². The predicted octanol–water partition coefficient (Wildman–Crippen LogP) is 9.74. The van der Waals surface area contributed by atoms with Crippen molar-refractivity contribution in [3.8, 4) is 16.9 Å². The molecule has 6 aromatic carbocycles. The maximum atomic E-state index is 12.5. The Balaban J connectivity index is 0.000000143. The monoisotopic (exact) mass is 750 g/mol. The lowest BCUT2D eigenvalue weighted by Crippen LogP contribution is -2.29. The molecule has 2 heterocycles. The summed E-state index contributed by atoms with van der Waals surface area (Å²) in [4.78, 5) is 0. The number of hydrogen-bond donors (Lipinski definition) is 2. The van der Waals surface area contributed by atoms with Crippen molar-refractivity contribution in [2.45, 2.75) is 5.51 Å². The minimum atomic E-state index is -5.76. The van der Waals surface area contributed by atoms with E-state index in [9.17, 15) is 21.6 Å². The molecule has 51 heavy (non-hydrogen) atoms. The molecule has 0 saturated carbocycles. The normalized spacial score (nSPS) is 11.6. The number of fused-ring (bicyclic) bond motifs is 6. The van der Waals surface area contributed by atoms with E-state index in [1.165, 1.54) is 41.5 Å². The topological polar surface area (TPSA) is 110 Å². The minimum absolute atomic E-state index is 0.127. The van der Waals surface area contributed by atoms with E-state index in [0.717, 1.165) is 28.0 Å². The number of halogens is 5. The zero-order valence-corrected chi connectivity index (χ0v) is 28.3. The van der Waals surface area contributed by atoms with Crippen LogP contribution in [-0.2, 0) is 10.1 Å². The van der Waals surface area contributed by atoms with Gasteiger partial charge in [-0.2, -0.15) is 21.6 Å². The fraction of sp³-hybridized carbons (Fsp3) is 0.0270. The van der Waals surface area contributed by atoms with E-state index >= 15 is 0 Å². The average molecular weight is 751 g/mol. The van der Waals surface area contributed by atoms with Gasteiger partial charge in [0.05, 0.1) is 5.39 Å². The SMILES string of the molecule is Clc1ccc2c(c1)oc1cccc(-c3ccccc3)c12.O=S(=O)(Oc1cccc2oc3cc(Cl)ccc3c12)C(F)(F)F.OB(O)c1ccccc1. The summed E-state index contributed by atoms with van der Waals surface area (Å²) in [5.74, 6) is -0.462. The van der Waals surface area contributed by atoms with E-state index in [2.05, 4.69) is 22.4 Å². The van der Waals surface area contributed by atoms with Crippen LogP contribution in [0.5, 0.6) is 5.75 Å². The highest BCUT2D eigenvalue weighted by Gasteiger charge is 2.48. The molecule has 0 saturated heterocycles. The Morgan fingerprint density at radius 2 is 1.12 bits per heavy atom. The summed E-state index contributed by atoms with van der Waals surface area (Å²) in [6, 6.07) is 39.4. The highest BCUT2D eigenvalue weighted by atomic mass is 35.5. The Labute approximate surface area is 299 Å². The Hall–Kier alpha value is -4.98. The molecule has 8 rings (SSSR count). The molecule has 8 aromatic rings. The second kappa shape index (κ2) is 14.7. The predicted molar refractivity (Wildman–Crippen MR) is 195 cm³/mol. The van der Waals surface area contributed by atoms with Crippen molar-refractivity contribution in [2.75, 3.05) is 0 Å². The quantitative estimate of drug-likeness (QED) is 0.105. The van der Waals surface area contributed by atoms with Crippen LogP contribution in [0.25, 0.3) is 55.0 Å². The van der Waals surface area contributed by atoms with Gasteiger partial charge >= 0.3 is 22.7 Å². The van der Waals surface area contributed by atoms with E-state index < -0.39 is 28.5 Å². The van der Waals surface area contributed by atoms with Gasteiger partial charge in [-0.15, -0.1) is 0 Å². The zero-order chi connectivity index (χ0) is 36.3. The lowest BCUT2D eigenvalue weighted by Gasteiger charge is -2.09. The third kappa shape index (κ3) is 7.85. The molecule has 0 aliphatic carbocycles. The molecule has 0 amide bonds. The summed E-state index contributed by atoms with van der Waals surface area (Å²) in [6.07, 6.45) is 0. The highest BCUT2D eigenvalue weighted by Crippen LogP contribution is 2.39. The second-order valence-corrected chi connectivity index (χ2v) is 13.3. The summed E-state index contributed by atoms with van der Waals surface area (Å²) >= 11 is 11.9. The zero-order valence-electron chi connectivity index (χ0n) is 26.0. The molecular weight excluding hydrogens is 727 g/mol. The fourth-order valence-electron chi connectivity index (χ4n) is 5.29. The Morgan fingerprint density at radius 1 is 0.608 bits per heavy atom. The molecular formula is C37H24BCl2F3O7S. The van der Waals surface area contributed by atoms with Gasteiger partial charge in [0.15, 0.2) is 5.75 Å². The molecule has 2 aromatic heterocycles. The number of hydrogen-bond acceptors (Lipinski definition) is 7. The van der Waals surface area contributed by atoms with Crippen molar-refractivity contribution < 1.29 is 44.7 Å². The van der Waals surface area contributed by atoms with Crippen LogP contribution in [0, 0.1) is 0 Å². The van der Waals surface area contributed by atoms with Crippen LogP contribution in [0.2, 0.25) is 10.0 Å². The first-order valence-corrected chi connectivity index (χ1v) is 17.2. The summed E-state index contributed by atoms with van der Waals surface area (Å²) < 4.78 is 75.3. The number of benzene rings is 6. The van der Waals surface area contributed by atoms with Crippen LogP contribution in [-0.4, -0.2) is 31.1 Å². The van der Waals surface area contributed by atoms with Gasteiger partial charge in [-0.1, -0.05) is 102 Å². The molecule has 0 spiro atoms. The smallest absolute Gasteiger partial charge is 0.456 e. The molecule has 0 aliphatic heterocycles. The van der Waals surface area contributed by atoms with Gasteiger partial charge in [0.2, 0.25) is 0 Å². The van der Waals surface area contributed by atoms with Crippen molar-refractivity contribution in [1.29, 1.82) is 0 Å². The molecule has 0 bridgehead atoms. The molecule has 0 unspecified atom stereocenters. The van der Waals surface area contributed by atoms with E-state index in [0.29, 0.717) is 26.5 Å². The van der Waals surface area contributed by atoms with Gasteiger partial charge < -0.3 is 23.1 Å². The van der Waals surface area contributed by atoms with Gasteiger partial charge in [0.25, 0.3) is 0 Å². The van der Waals surface area contributed by atoms with Crippen LogP contribution in [0.3, 0.4) is 0 Å². The van der Waals surface area contributed by atoms with Gasteiger partial charge in [-0.05, 0) is 59.1 Å². The molecule has 0 atom stereocenters. The lowest BCUT2D eigenvalue weighted by molar-refractivity contribution is -0.0499. The van der Waals surface area contributed by atoms with Gasteiger partial charge in [-0.3, -0.25) is 0 Å². The van der Waals surface area contributed by atoms with Crippen LogP contribution >= 0.6 is 23.2 Å². The first kappa shape index (κ1) is 35.8. The molecule has 2 N–H and O–H groups in total. The summed E-state index contributed by atoms with van der Waals surface area (Å²) in [5, 5.41) is 21.0. The lowest BCUT2D eigenvalue weighted by atomic mass is 9.81. The van der Waals surface area contributed by atoms with Crippen molar-refractivity contribution in [2.24, 2.45) is 0 Å². The van der Waals surface area contributed by atoms with E-state index in [1.54, 1.807) is 24.3 Å². The summed E-state index contributed by atoms with van der Waals surface area (Å²) in [5.41, 5.74) is -0.398. The van der Waals surface area contributed by atoms with E-state index in [-0.39, 0.29) is 11.0 Å². The molecule has 0 aliphatic rings. The number of furan rings is 2. The first-order chi connectivity index (χ1) is 24.3. The second-order valence-electron chi connectivity index (χ2n) is 10.9. The molecule has 0 fully saturated rings. The van der Waals surface area contributed by atoms with E-state index in [4.69, 9.17) is 42.1 Å². The van der Waals surface area contributed by atoms with Gasteiger partial charge in [-0.25, -0.2) is 0 Å². The first-order valence-electron chi connectivity index (χ1n) is 15.0. The van der Waals surface area contributed by atoms with Crippen LogP contribution in [0.1, 0.15) is 0 Å². The molecule has 258 valence electrons. The molecule has 7 nitrogen and oxygen atoms in total. The Morgan fingerprint density at radius 3 is 1.65 bits per heavy atom. The van der Waals surface area contributed by atoms with Crippen molar-refractivity contribution >= 4 is 89.8 Å². The Kier molecular flexibility index (Phi) is 10.3. The van der Waals surface area contributed by atoms with Crippen molar-refractivity contribution in [3.63, 3.8) is 0 Å². The van der Waals surface area contributed by atoms with Crippen LogP contribution < -0.4 is 9.65 Å². The van der Waals surface area contributed by atoms with Gasteiger partial charge in [0.1, 0.15) is 22.3 Å². The highest BCUT2D eigenvalue weighted by molar-refractivity contribution is 7.88. The maximum absolute atomic E-state index is 12.5. The van der Waals surface area contributed by atoms with Gasteiger partial charge in [0, 0.05) is 38.3 Å². The van der Waals surface area contributed by atoms with Crippen molar-refractivity contribution in [3.05, 3.63) is 144 Å². The van der Waals surface area contributed by atoms with E-state index in [1.807, 2.05) is 54.6 Å². The largest absolute Gasteiger partial charge is 0.534 e. The summed E-state index contributed by atoms with van der Waals surface area (Å²) in [6.45, 7) is 0. The van der Waals surface area contributed by atoms with Crippen LogP contribution in [0.15, 0.2) is 142 Å². The number of rotatable bonds is 4. The third-order valence-electron chi connectivity index (χ3n) is 7.55. The molecule has 0 radical (unpaired) electrons. The standard InChI is InChI=1S/C18H11ClO.C13H6ClF3O4S.C6H7BO2/c19-13-9-10-15-17(11-13)20-16-8-4-7-14(18(15)16)12-5-2-1-3-6-12;14-7-4-5-8-11(6-7)20-9-2-1-3-10(12(8)9)21-22(18,19)13(15,16)17;8-7(9)6-4-2-1-3-5-6/h1-11H;1-6H;1-5,8-9H. The summed E-state index contributed by atoms with van der Waals surface area (Å²) in [7, 11) is -7.11. The number of alkyl halides is 3. The Bertz CT molecular complexity index is 2580. The van der Waals surface area contributed by atoms with Crippen LogP contribution in [0.4, 0.5) is 13.2 Å². The third-order valence-corrected chi connectivity index (χ3v) is 8.98.